The molecule has 0 saturated carbocycles. The number of hydrogen-bond acceptors (Lipinski definition) is 5. The standard InChI is InChI=1S/C11H12O6/c1-15-8-4-10-9(16-5-17-10)2-6(8)7(12)3-11(13)14/h2,4,7,12H,3,5H2,1H3,(H,13,14). The second kappa shape index (κ2) is 4.50. The first-order chi connectivity index (χ1) is 8.11. The normalized spacial score (nSPS) is 14.5. The van der Waals surface area contributed by atoms with E-state index in [1.165, 1.54) is 13.2 Å². The van der Waals surface area contributed by atoms with Gasteiger partial charge in [0.25, 0.3) is 0 Å². The number of methoxy groups -OCH3 is 1. The number of aliphatic carboxylic acids is 1. The van der Waals surface area contributed by atoms with Gasteiger partial charge in [-0.1, -0.05) is 0 Å². The van der Waals surface area contributed by atoms with Gasteiger partial charge in [0.1, 0.15) is 5.75 Å². The highest BCUT2D eigenvalue weighted by Crippen LogP contribution is 2.40. The Hall–Kier alpha value is -1.95. The lowest BCUT2D eigenvalue weighted by molar-refractivity contribution is -0.139. The van der Waals surface area contributed by atoms with Crippen molar-refractivity contribution in [3.63, 3.8) is 0 Å². The molecule has 1 aromatic carbocycles. The van der Waals surface area contributed by atoms with Crippen molar-refractivity contribution in [3.05, 3.63) is 17.7 Å². The monoisotopic (exact) mass is 240 g/mol. The zero-order valence-corrected chi connectivity index (χ0v) is 9.17. The number of carboxylic acids is 1. The molecule has 0 bridgehead atoms. The van der Waals surface area contributed by atoms with Gasteiger partial charge >= 0.3 is 5.97 Å². The summed E-state index contributed by atoms with van der Waals surface area (Å²) in [7, 11) is 1.44. The Morgan fingerprint density at radius 1 is 1.47 bits per heavy atom. The van der Waals surface area contributed by atoms with E-state index < -0.39 is 18.5 Å². The molecule has 1 aliphatic heterocycles. The minimum atomic E-state index is -1.14. The van der Waals surface area contributed by atoms with Gasteiger partial charge in [-0.2, -0.15) is 0 Å². The van der Waals surface area contributed by atoms with Crippen LogP contribution in [0.3, 0.4) is 0 Å². The van der Waals surface area contributed by atoms with Gasteiger partial charge in [-0.25, -0.2) is 0 Å². The van der Waals surface area contributed by atoms with Crippen LogP contribution in [-0.2, 0) is 4.79 Å². The SMILES string of the molecule is COc1cc2c(cc1C(O)CC(=O)O)OCO2. The molecule has 0 fully saturated rings. The number of ether oxygens (including phenoxy) is 3. The number of benzene rings is 1. The van der Waals surface area contributed by atoms with Crippen molar-refractivity contribution in [2.24, 2.45) is 0 Å². The predicted molar refractivity (Wildman–Crippen MR) is 56.3 cm³/mol. The van der Waals surface area contributed by atoms with E-state index in [0.29, 0.717) is 22.8 Å². The Morgan fingerprint density at radius 2 is 2.12 bits per heavy atom. The molecule has 0 radical (unpaired) electrons. The van der Waals surface area contributed by atoms with Gasteiger partial charge in [-0.15, -0.1) is 0 Å². The van der Waals surface area contributed by atoms with Crippen molar-refractivity contribution in [2.75, 3.05) is 13.9 Å². The summed E-state index contributed by atoms with van der Waals surface area (Å²) >= 11 is 0. The van der Waals surface area contributed by atoms with Crippen LogP contribution in [0, 0.1) is 0 Å². The Bertz CT molecular complexity index is 442. The molecule has 2 rings (SSSR count). The lowest BCUT2D eigenvalue weighted by Crippen LogP contribution is -2.07. The smallest absolute Gasteiger partial charge is 0.306 e. The molecule has 0 saturated heterocycles. The molecule has 1 atom stereocenters. The van der Waals surface area contributed by atoms with Crippen LogP contribution in [0.2, 0.25) is 0 Å². The Kier molecular flexibility index (Phi) is 3.06. The van der Waals surface area contributed by atoms with E-state index in [2.05, 4.69) is 0 Å². The van der Waals surface area contributed by atoms with Crippen LogP contribution < -0.4 is 14.2 Å². The molecule has 1 aromatic rings. The number of hydrogen-bond donors (Lipinski definition) is 2. The second-order valence-corrected chi connectivity index (χ2v) is 3.56. The van der Waals surface area contributed by atoms with Gasteiger partial charge in [0.05, 0.1) is 19.6 Å². The molecule has 6 heteroatoms. The Balaban J connectivity index is 2.35. The predicted octanol–water partition coefficient (Wildman–Crippen LogP) is 0.932. The van der Waals surface area contributed by atoms with Gasteiger partial charge in [0.2, 0.25) is 6.79 Å². The molecule has 6 nitrogen and oxygen atoms in total. The van der Waals surface area contributed by atoms with Crippen LogP contribution in [0.25, 0.3) is 0 Å². The molecule has 1 unspecified atom stereocenters. The molecule has 1 aliphatic rings. The molecule has 1 heterocycles. The van der Waals surface area contributed by atoms with E-state index in [-0.39, 0.29) is 6.79 Å². The number of carbonyl (C=O) groups is 1. The molecular formula is C11H12O6. The molecular weight excluding hydrogens is 228 g/mol. The lowest BCUT2D eigenvalue weighted by Gasteiger charge is -2.13. The number of aliphatic hydroxyl groups is 1. The summed E-state index contributed by atoms with van der Waals surface area (Å²) in [5.41, 5.74) is 0.374. The maximum atomic E-state index is 10.6. The first-order valence-electron chi connectivity index (χ1n) is 4.99. The van der Waals surface area contributed by atoms with E-state index in [4.69, 9.17) is 19.3 Å². The first kappa shape index (κ1) is 11.5. The average molecular weight is 240 g/mol. The maximum absolute atomic E-state index is 10.6. The lowest BCUT2D eigenvalue weighted by atomic mass is 10.0. The number of fused-ring (bicyclic) bond motifs is 1. The van der Waals surface area contributed by atoms with Crippen LogP contribution in [0.15, 0.2) is 12.1 Å². The van der Waals surface area contributed by atoms with Crippen molar-refractivity contribution in [3.8, 4) is 17.2 Å². The molecule has 0 amide bonds. The van der Waals surface area contributed by atoms with Crippen molar-refractivity contribution in [1.82, 2.24) is 0 Å². The molecule has 2 N–H and O–H groups in total. The van der Waals surface area contributed by atoms with Gasteiger partial charge in [0, 0.05) is 11.6 Å². The summed E-state index contributed by atoms with van der Waals surface area (Å²) in [6.07, 6.45) is -1.53. The van der Waals surface area contributed by atoms with Crippen molar-refractivity contribution < 1.29 is 29.2 Å². The number of aliphatic hydroxyl groups excluding tert-OH is 1. The van der Waals surface area contributed by atoms with Gasteiger partial charge in [-0.3, -0.25) is 4.79 Å². The highest BCUT2D eigenvalue weighted by molar-refractivity contribution is 5.68. The Morgan fingerprint density at radius 3 is 2.71 bits per heavy atom. The Labute approximate surface area is 97.3 Å². The summed E-state index contributed by atoms with van der Waals surface area (Å²) in [6, 6.07) is 3.11. The maximum Gasteiger partial charge on any atom is 0.306 e. The summed E-state index contributed by atoms with van der Waals surface area (Å²) in [5, 5.41) is 18.4. The zero-order chi connectivity index (χ0) is 12.4. The quantitative estimate of drug-likeness (QED) is 0.814. The molecule has 0 spiro atoms. The third kappa shape index (κ3) is 2.26. The molecule has 92 valence electrons. The van der Waals surface area contributed by atoms with Crippen LogP contribution in [-0.4, -0.2) is 30.1 Å². The fraction of sp³-hybridized carbons (Fsp3) is 0.364. The fourth-order valence-corrected chi connectivity index (χ4v) is 1.65. The van der Waals surface area contributed by atoms with Crippen LogP contribution in [0.5, 0.6) is 17.2 Å². The highest BCUT2D eigenvalue weighted by Gasteiger charge is 2.23. The molecule has 0 aliphatic carbocycles. The van der Waals surface area contributed by atoms with Gasteiger partial charge in [0.15, 0.2) is 11.5 Å². The minimum Gasteiger partial charge on any atom is -0.496 e. The summed E-state index contributed by atoms with van der Waals surface area (Å²) < 4.78 is 15.4. The van der Waals surface area contributed by atoms with Gasteiger partial charge < -0.3 is 24.4 Å². The first-order valence-corrected chi connectivity index (χ1v) is 4.99. The summed E-state index contributed by atoms with van der Waals surface area (Å²) in [6.45, 7) is 0.108. The van der Waals surface area contributed by atoms with E-state index in [1.54, 1.807) is 6.07 Å². The topological polar surface area (TPSA) is 85.2 Å². The number of carboxylic acid groups (broad SMARTS) is 1. The van der Waals surface area contributed by atoms with Crippen molar-refractivity contribution in [1.29, 1.82) is 0 Å². The van der Waals surface area contributed by atoms with E-state index >= 15 is 0 Å². The summed E-state index contributed by atoms with van der Waals surface area (Å²) in [4.78, 5) is 10.6. The zero-order valence-electron chi connectivity index (χ0n) is 9.17. The van der Waals surface area contributed by atoms with Crippen LogP contribution >= 0.6 is 0 Å². The molecule has 17 heavy (non-hydrogen) atoms. The average Bonchev–Trinajstić information content (AvgIpc) is 2.73. The second-order valence-electron chi connectivity index (χ2n) is 3.56. The third-order valence-electron chi connectivity index (χ3n) is 2.45. The third-order valence-corrected chi connectivity index (χ3v) is 2.45. The molecule has 0 aromatic heterocycles. The van der Waals surface area contributed by atoms with E-state index in [1.807, 2.05) is 0 Å². The minimum absolute atomic E-state index is 0.108. The van der Waals surface area contributed by atoms with E-state index in [0.717, 1.165) is 0 Å². The van der Waals surface area contributed by atoms with Gasteiger partial charge in [-0.05, 0) is 6.07 Å². The number of rotatable bonds is 4. The van der Waals surface area contributed by atoms with Crippen LogP contribution in [0.4, 0.5) is 0 Å². The summed E-state index contributed by atoms with van der Waals surface area (Å²) in [5.74, 6) is 0.290. The van der Waals surface area contributed by atoms with Crippen molar-refractivity contribution in [2.45, 2.75) is 12.5 Å². The fourth-order valence-electron chi connectivity index (χ4n) is 1.65. The highest BCUT2D eigenvalue weighted by atomic mass is 16.7. The van der Waals surface area contributed by atoms with Crippen molar-refractivity contribution >= 4 is 5.97 Å². The van der Waals surface area contributed by atoms with Crippen LogP contribution in [0.1, 0.15) is 18.1 Å². The largest absolute Gasteiger partial charge is 0.496 e. The van der Waals surface area contributed by atoms with E-state index in [9.17, 15) is 9.90 Å².